The molecule has 8 nitrogen and oxygen atoms in total. The van der Waals surface area contributed by atoms with Crippen LogP contribution in [0.25, 0.3) is 0 Å². The third kappa shape index (κ3) is 3.57. The molecule has 0 bridgehead atoms. The number of ether oxygens (including phenoxy) is 2. The van der Waals surface area contributed by atoms with Crippen molar-refractivity contribution in [3.05, 3.63) is 24.3 Å². The zero-order valence-corrected chi connectivity index (χ0v) is 12.7. The van der Waals surface area contributed by atoms with Gasteiger partial charge in [-0.3, -0.25) is 0 Å². The molecule has 1 saturated heterocycles. The van der Waals surface area contributed by atoms with Gasteiger partial charge < -0.3 is 24.8 Å². The van der Waals surface area contributed by atoms with Gasteiger partial charge in [0.05, 0.1) is 31.3 Å². The Kier molecular flexibility index (Phi) is 5.37. The van der Waals surface area contributed by atoms with Crippen LogP contribution in [0.1, 0.15) is 0 Å². The van der Waals surface area contributed by atoms with Gasteiger partial charge in [-0.2, -0.15) is 0 Å². The van der Waals surface area contributed by atoms with Crippen molar-refractivity contribution < 1.29 is 33.2 Å². The Bertz CT molecular complexity index is 589. The largest absolute Gasteiger partial charge is 0.497 e. The van der Waals surface area contributed by atoms with E-state index in [1.54, 1.807) is 0 Å². The molecule has 0 aromatic heterocycles. The van der Waals surface area contributed by atoms with Crippen molar-refractivity contribution in [2.75, 3.05) is 20.3 Å². The van der Waals surface area contributed by atoms with E-state index >= 15 is 0 Å². The van der Waals surface area contributed by atoms with Crippen molar-refractivity contribution in [3.63, 3.8) is 0 Å². The zero-order valence-electron chi connectivity index (χ0n) is 11.9. The van der Waals surface area contributed by atoms with Gasteiger partial charge in [-0.05, 0) is 24.3 Å². The van der Waals surface area contributed by atoms with E-state index in [9.17, 15) is 18.6 Å². The molecule has 0 saturated carbocycles. The molecule has 4 unspecified atom stereocenters. The number of methoxy groups -OCH3 is 1. The Labute approximate surface area is 128 Å². The van der Waals surface area contributed by atoms with E-state index in [1.165, 1.54) is 31.4 Å². The quantitative estimate of drug-likeness (QED) is 0.514. The predicted octanol–water partition coefficient (Wildman–Crippen LogP) is -1.54. The van der Waals surface area contributed by atoms with Crippen molar-refractivity contribution in [1.82, 2.24) is 4.72 Å². The summed E-state index contributed by atoms with van der Waals surface area (Å²) >= 11 is 0. The molecule has 1 aromatic rings. The van der Waals surface area contributed by atoms with Gasteiger partial charge in [0.1, 0.15) is 24.1 Å². The van der Waals surface area contributed by atoms with Crippen LogP contribution in [0.2, 0.25) is 0 Å². The van der Waals surface area contributed by atoms with Crippen molar-refractivity contribution in [3.8, 4) is 5.75 Å². The normalized spacial score (nSPS) is 29.3. The molecule has 1 heterocycles. The Morgan fingerprint density at radius 3 is 2.45 bits per heavy atom. The van der Waals surface area contributed by atoms with Crippen LogP contribution in [0, 0.1) is 0 Å². The highest BCUT2D eigenvalue weighted by atomic mass is 32.2. The minimum Gasteiger partial charge on any atom is -0.497 e. The van der Waals surface area contributed by atoms with Gasteiger partial charge >= 0.3 is 0 Å². The molecule has 9 heteroatoms. The molecule has 0 spiro atoms. The van der Waals surface area contributed by atoms with Crippen molar-refractivity contribution in [2.45, 2.75) is 29.2 Å². The van der Waals surface area contributed by atoms with Crippen molar-refractivity contribution in [2.24, 2.45) is 0 Å². The Morgan fingerprint density at radius 2 is 1.91 bits per heavy atom. The van der Waals surface area contributed by atoms with E-state index in [2.05, 4.69) is 4.72 Å². The maximum absolute atomic E-state index is 12.3. The first kappa shape index (κ1) is 17.1. The van der Waals surface area contributed by atoms with E-state index in [4.69, 9.17) is 14.6 Å². The summed E-state index contributed by atoms with van der Waals surface area (Å²) in [6, 6.07) is 4.72. The number of benzene rings is 1. The summed E-state index contributed by atoms with van der Waals surface area (Å²) in [4.78, 5) is -0.000675. The molecule has 2 rings (SSSR count). The average molecular weight is 333 g/mol. The second-order valence-electron chi connectivity index (χ2n) is 4.94. The first-order valence-corrected chi connectivity index (χ1v) is 8.12. The molecule has 0 amide bonds. The van der Waals surface area contributed by atoms with Gasteiger partial charge in [-0.1, -0.05) is 0 Å². The van der Waals surface area contributed by atoms with Crippen LogP contribution in [-0.2, 0) is 14.8 Å². The maximum atomic E-state index is 12.3. The molecule has 22 heavy (non-hydrogen) atoms. The summed E-state index contributed by atoms with van der Waals surface area (Å²) in [5.74, 6) is 0.515. The molecule has 0 aliphatic carbocycles. The fourth-order valence-corrected chi connectivity index (χ4v) is 3.41. The van der Waals surface area contributed by atoms with E-state index in [1.807, 2.05) is 0 Å². The summed E-state index contributed by atoms with van der Waals surface area (Å²) in [5, 5.41) is 28.7. The van der Waals surface area contributed by atoms with Crippen LogP contribution >= 0.6 is 0 Å². The number of aliphatic hydroxyl groups excluding tert-OH is 3. The molecule has 1 fully saturated rings. The summed E-state index contributed by atoms with van der Waals surface area (Å²) in [5.41, 5.74) is 0. The van der Waals surface area contributed by atoms with Crippen LogP contribution in [0.4, 0.5) is 0 Å². The van der Waals surface area contributed by atoms with E-state index in [-0.39, 0.29) is 11.5 Å². The highest BCUT2D eigenvalue weighted by molar-refractivity contribution is 7.89. The first-order chi connectivity index (χ1) is 10.4. The van der Waals surface area contributed by atoms with Gasteiger partial charge in [0.25, 0.3) is 0 Å². The minimum absolute atomic E-state index is 0.000675. The molecular weight excluding hydrogens is 314 g/mol. The number of aliphatic hydroxyl groups is 3. The lowest BCUT2D eigenvalue weighted by atomic mass is 9.99. The number of sulfonamides is 1. The maximum Gasteiger partial charge on any atom is 0.240 e. The fraction of sp³-hybridized carbons (Fsp3) is 0.538. The number of nitrogens with one attached hydrogen (secondary N) is 1. The second-order valence-corrected chi connectivity index (χ2v) is 6.65. The molecule has 124 valence electrons. The van der Waals surface area contributed by atoms with Crippen LogP contribution in [0.3, 0.4) is 0 Å². The van der Waals surface area contributed by atoms with Gasteiger partial charge in [-0.15, -0.1) is 0 Å². The molecule has 1 aromatic carbocycles. The monoisotopic (exact) mass is 333 g/mol. The topological polar surface area (TPSA) is 125 Å². The van der Waals surface area contributed by atoms with Crippen LogP contribution < -0.4 is 9.46 Å². The lowest BCUT2D eigenvalue weighted by Crippen LogP contribution is -2.59. The molecule has 0 radical (unpaired) electrons. The highest BCUT2D eigenvalue weighted by Crippen LogP contribution is 2.19. The Balaban J connectivity index is 2.11. The molecule has 1 aliphatic heterocycles. The van der Waals surface area contributed by atoms with Gasteiger partial charge in [0.2, 0.25) is 10.0 Å². The average Bonchev–Trinajstić information content (AvgIpc) is 2.52. The van der Waals surface area contributed by atoms with Gasteiger partial charge in [0.15, 0.2) is 0 Å². The smallest absolute Gasteiger partial charge is 0.240 e. The summed E-state index contributed by atoms with van der Waals surface area (Å²) in [6.07, 6.45) is -3.68. The minimum atomic E-state index is -3.88. The standard InChI is InChI=1S/C13H19NO7S/c1-20-8-2-4-9(5-3-8)22(18,19)14-10-7-21-11(6-15)13(17)12(10)16/h2-5,10-17H,6-7H2,1H3. The van der Waals surface area contributed by atoms with E-state index in [0.717, 1.165) is 0 Å². The summed E-state index contributed by atoms with van der Waals surface area (Å²) in [6.45, 7) is -0.616. The van der Waals surface area contributed by atoms with E-state index < -0.39 is 41.0 Å². The summed E-state index contributed by atoms with van der Waals surface area (Å²) < 4.78 is 36.9. The fourth-order valence-electron chi connectivity index (χ4n) is 2.17. The Hall–Kier alpha value is -1.23. The van der Waals surface area contributed by atoms with E-state index in [0.29, 0.717) is 5.75 Å². The molecule has 4 atom stereocenters. The molecule has 4 N–H and O–H groups in total. The van der Waals surface area contributed by atoms with Crippen LogP contribution in [0.15, 0.2) is 29.2 Å². The van der Waals surface area contributed by atoms with Crippen LogP contribution in [0.5, 0.6) is 5.75 Å². The lowest BCUT2D eigenvalue weighted by Gasteiger charge is -2.36. The zero-order chi connectivity index (χ0) is 16.3. The van der Waals surface area contributed by atoms with Crippen molar-refractivity contribution >= 4 is 10.0 Å². The number of hydrogen-bond donors (Lipinski definition) is 4. The predicted molar refractivity (Wildman–Crippen MR) is 75.9 cm³/mol. The van der Waals surface area contributed by atoms with Crippen molar-refractivity contribution in [1.29, 1.82) is 0 Å². The molecular formula is C13H19NO7S. The summed E-state index contributed by atoms with van der Waals surface area (Å²) in [7, 11) is -2.42. The highest BCUT2D eigenvalue weighted by Gasteiger charge is 2.39. The van der Waals surface area contributed by atoms with Crippen LogP contribution in [-0.4, -0.2) is 68.4 Å². The Morgan fingerprint density at radius 1 is 1.27 bits per heavy atom. The lowest BCUT2D eigenvalue weighted by molar-refractivity contribution is -0.158. The van der Waals surface area contributed by atoms with Gasteiger partial charge in [-0.25, -0.2) is 13.1 Å². The second kappa shape index (κ2) is 6.90. The number of rotatable bonds is 5. The molecule has 1 aliphatic rings. The SMILES string of the molecule is COc1ccc(S(=O)(=O)NC2COC(CO)C(O)C2O)cc1. The first-order valence-electron chi connectivity index (χ1n) is 6.64. The number of hydrogen-bond acceptors (Lipinski definition) is 7. The third-order valence-electron chi connectivity index (χ3n) is 3.49. The van der Waals surface area contributed by atoms with Gasteiger partial charge in [0, 0.05) is 0 Å². The third-order valence-corrected chi connectivity index (χ3v) is 4.99.